The van der Waals surface area contributed by atoms with E-state index in [1.165, 1.54) is 17.4 Å². The Balaban J connectivity index is 2.71. The van der Waals surface area contributed by atoms with Crippen LogP contribution >= 0.6 is 11.3 Å². The summed E-state index contributed by atoms with van der Waals surface area (Å²) in [7, 11) is 0. The monoisotopic (exact) mass is 136 g/mol. The highest BCUT2D eigenvalue weighted by Crippen LogP contribution is 2.04. The Labute approximate surface area is 57.1 Å². The standard InChI is InChI=1S/C6H4N2S/c7-3-1-2-6-8-4-5-9-6/h1-2,4-5H/b2-1+. The molecule has 0 aliphatic rings. The molecule has 0 aliphatic heterocycles. The molecule has 0 aliphatic carbocycles. The van der Waals surface area contributed by atoms with Crippen molar-refractivity contribution < 1.29 is 0 Å². The Kier molecular flexibility index (Phi) is 2.00. The van der Waals surface area contributed by atoms with Crippen LogP contribution in [0.3, 0.4) is 0 Å². The van der Waals surface area contributed by atoms with Gasteiger partial charge in [-0.3, -0.25) is 0 Å². The lowest BCUT2D eigenvalue weighted by atomic mass is 10.5. The second-order valence-electron chi connectivity index (χ2n) is 1.33. The van der Waals surface area contributed by atoms with Crippen LogP contribution in [0.4, 0.5) is 0 Å². The van der Waals surface area contributed by atoms with Crippen molar-refractivity contribution in [1.82, 2.24) is 4.98 Å². The second-order valence-corrected chi connectivity index (χ2v) is 2.26. The summed E-state index contributed by atoms with van der Waals surface area (Å²) >= 11 is 1.51. The van der Waals surface area contributed by atoms with Crippen LogP contribution in [-0.4, -0.2) is 4.98 Å². The highest BCUT2D eigenvalue weighted by Gasteiger charge is 1.83. The van der Waals surface area contributed by atoms with E-state index in [0.717, 1.165) is 5.01 Å². The quantitative estimate of drug-likeness (QED) is 0.551. The summed E-state index contributed by atoms with van der Waals surface area (Å²) in [6.45, 7) is 0. The molecule has 0 bridgehead atoms. The van der Waals surface area contributed by atoms with E-state index in [1.54, 1.807) is 12.3 Å². The molecule has 0 N–H and O–H groups in total. The third kappa shape index (κ3) is 1.67. The molecule has 1 rings (SSSR count). The van der Waals surface area contributed by atoms with Crippen molar-refractivity contribution in [3.8, 4) is 6.07 Å². The minimum absolute atomic E-state index is 0.872. The average Bonchev–Trinajstić information content (AvgIpc) is 2.34. The lowest BCUT2D eigenvalue weighted by Crippen LogP contribution is -1.61. The van der Waals surface area contributed by atoms with Crippen molar-refractivity contribution in [3.05, 3.63) is 22.7 Å². The third-order valence-electron chi connectivity index (χ3n) is 0.752. The number of thiazole rings is 1. The van der Waals surface area contributed by atoms with Gasteiger partial charge in [0.05, 0.1) is 6.07 Å². The number of allylic oxidation sites excluding steroid dienone is 1. The molecule has 0 saturated heterocycles. The van der Waals surface area contributed by atoms with E-state index in [-0.39, 0.29) is 0 Å². The van der Waals surface area contributed by atoms with Gasteiger partial charge in [-0.25, -0.2) is 4.98 Å². The summed E-state index contributed by atoms with van der Waals surface area (Å²) in [5.41, 5.74) is 0. The number of nitriles is 1. The zero-order valence-corrected chi connectivity index (χ0v) is 5.43. The molecule has 0 unspecified atom stereocenters. The van der Waals surface area contributed by atoms with E-state index in [1.807, 2.05) is 11.4 Å². The van der Waals surface area contributed by atoms with Crippen molar-refractivity contribution in [2.75, 3.05) is 0 Å². The molecule has 2 nitrogen and oxygen atoms in total. The minimum atomic E-state index is 0.872. The summed E-state index contributed by atoms with van der Waals surface area (Å²) in [6.07, 6.45) is 4.81. The van der Waals surface area contributed by atoms with Crippen LogP contribution in [0.1, 0.15) is 5.01 Å². The van der Waals surface area contributed by atoms with E-state index < -0.39 is 0 Å². The van der Waals surface area contributed by atoms with E-state index in [0.29, 0.717) is 0 Å². The van der Waals surface area contributed by atoms with Crippen LogP contribution in [0, 0.1) is 11.3 Å². The zero-order chi connectivity index (χ0) is 6.53. The van der Waals surface area contributed by atoms with Gasteiger partial charge in [0.25, 0.3) is 0 Å². The molecular weight excluding hydrogens is 132 g/mol. The molecule has 0 saturated carbocycles. The van der Waals surface area contributed by atoms with Gasteiger partial charge in [-0.15, -0.1) is 11.3 Å². The Hall–Kier alpha value is -1.14. The molecule has 9 heavy (non-hydrogen) atoms. The van der Waals surface area contributed by atoms with E-state index >= 15 is 0 Å². The minimum Gasteiger partial charge on any atom is -0.245 e. The first kappa shape index (κ1) is 5.99. The molecule has 1 heterocycles. The average molecular weight is 136 g/mol. The molecule has 1 aromatic rings. The summed E-state index contributed by atoms with van der Waals surface area (Å²) in [5.74, 6) is 0. The Bertz CT molecular complexity index is 230. The third-order valence-corrected chi connectivity index (χ3v) is 1.49. The van der Waals surface area contributed by atoms with Crippen LogP contribution in [0.5, 0.6) is 0 Å². The van der Waals surface area contributed by atoms with Crippen LogP contribution in [0.25, 0.3) is 6.08 Å². The first-order chi connectivity index (χ1) is 4.43. The Morgan fingerprint density at radius 3 is 3.22 bits per heavy atom. The maximum atomic E-state index is 8.11. The highest BCUT2D eigenvalue weighted by atomic mass is 32.1. The molecule has 0 spiro atoms. The summed E-state index contributed by atoms with van der Waals surface area (Å²) in [6, 6.07) is 1.89. The number of rotatable bonds is 1. The lowest BCUT2D eigenvalue weighted by Gasteiger charge is -1.72. The van der Waals surface area contributed by atoms with Gasteiger partial charge in [-0.05, 0) is 6.08 Å². The van der Waals surface area contributed by atoms with Crippen LogP contribution in [-0.2, 0) is 0 Å². The van der Waals surface area contributed by atoms with E-state index in [9.17, 15) is 0 Å². The molecule has 1 aromatic heterocycles. The van der Waals surface area contributed by atoms with Gasteiger partial charge >= 0.3 is 0 Å². The van der Waals surface area contributed by atoms with Gasteiger partial charge in [0.15, 0.2) is 0 Å². The van der Waals surface area contributed by atoms with Gasteiger partial charge in [0.2, 0.25) is 0 Å². The summed E-state index contributed by atoms with van der Waals surface area (Å²) in [4.78, 5) is 3.93. The lowest BCUT2D eigenvalue weighted by molar-refractivity contribution is 1.39. The Morgan fingerprint density at radius 1 is 1.78 bits per heavy atom. The number of nitrogens with zero attached hydrogens (tertiary/aromatic N) is 2. The van der Waals surface area contributed by atoms with Crippen LogP contribution in [0.2, 0.25) is 0 Å². The molecule has 44 valence electrons. The van der Waals surface area contributed by atoms with E-state index in [4.69, 9.17) is 5.26 Å². The number of aromatic nitrogens is 1. The number of hydrogen-bond acceptors (Lipinski definition) is 3. The highest BCUT2D eigenvalue weighted by molar-refractivity contribution is 7.10. The Morgan fingerprint density at radius 2 is 2.67 bits per heavy atom. The smallest absolute Gasteiger partial charge is 0.116 e. The van der Waals surface area contributed by atoms with E-state index in [2.05, 4.69) is 4.98 Å². The maximum absolute atomic E-state index is 8.11. The molecule has 0 amide bonds. The topological polar surface area (TPSA) is 36.7 Å². The van der Waals surface area contributed by atoms with Gasteiger partial charge in [-0.1, -0.05) is 0 Å². The summed E-state index contributed by atoms with van der Waals surface area (Å²) in [5, 5.41) is 10.8. The predicted octanol–water partition coefficient (Wildman–Crippen LogP) is 1.68. The fourth-order valence-corrected chi connectivity index (χ4v) is 0.955. The van der Waals surface area contributed by atoms with Crippen molar-refractivity contribution in [2.24, 2.45) is 0 Å². The second kappa shape index (κ2) is 3.00. The van der Waals surface area contributed by atoms with Crippen molar-refractivity contribution in [2.45, 2.75) is 0 Å². The van der Waals surface area contributed by atoms with Gasteiger partial charge in [0.1, 0.15) is 5.01 Å². The molecule has 0 atom stereocenters. The van der Waals surface area contributed by atoms with Crippen LogP contribution in [0.15, 0.2) is 17.7 Å². The van der Waals surface area contributed by atoms with Gasteiger partial charge < -0.3 is 0 Å². The molecule has 0 radical (unpaired) electrons. The number of hydrogen-bond donors (Lipinski definition) is 0. The normalized spacial score (nSPS) is 9.67. The largest absolute Gasteiger partial charge is 0.245 e. The van der Waals surface area contributed by atoms with Crippen molar-refractivity contribution in [1.29, 1.82) is 5.26 Å². The molecule has 3 heteroatoms. The van der Waals surface area contributed by atoms with Crippen LogP contribution < -0.4 is 0 Å². The first-order valence-electron chi connectivity index (χ1n) is 2.39. The first-order valence-corrected chi connectivity index (χ1v) is 3.27. The maximum Gasteiger partial charge on any atom is 0.116 e. The molecule has 0 fully saturated rings. The van der Waals surface area contributed by atoms with Gasteiger partial charge in [-0.2, -0.15) is 5.26 Å². The van der Waals surface area contributed by atoms with Crippen molar-refractivity contribution >= 4 is 17.4 Å². The van der Waals surface area contributed by atoms with Crippen molar-refractivity contribution in [3.63, 3.8) is 0 Å². The molecular formula is C6H4N2S. The molecule has 0 aromatic carbocycles. The zero-order valence-electron chi connectivity index (χ0n) is 4.61. The van der Waals surface area contributed by atoms with Gasteiger partial charge in [0, 0.05) is 17.7 Å². The summed E-state index contributed by atoms with van der Waals surface area (Å²) < 4.78 is 0. The predicted molar refractivity (Wildman–Crippen MR) is 36.8 cm³/mol. The SMILES string of the molecule is N#C/C=C/c1nccs1. The fourth-order valence-electron chi connectivity index (χ4n) is 0.425. The fraction of sp³-hybridized carbons (Fsp3) is 0.